The van der Waals surface area contributed by atoms with Crippen LogP contribution in [0.15, 0.2) is 66.7 Å². The molecular formula is C25H24N4O2S. The van der Waals surface area contributed by atoms with E-state index in [4.69, 9.17) is 0 Å². The van der Waals surface area contributed by atoms with E-state index in [0.717, 1.165) is 32.6 Å². The summed E-state index contributed by atoms with van der Waals surface area (Å²) in [6.07, 6.45) is 0. The van der Waals surface area contributed by atoms with Gasteiger partial charge in [0.15, 0.2) is 5.13 Å². The molecule has 0 radical (unpaired) electrons. The quantitative estimate of drug-likeness (QED) is 0.350. The van der Waals surface area contributed by atoms with Crippen molar-refractivity contribution < 1.29 is 9.59 Å². The molecule has 7 heteroatoms. The Labute approximate surface area is 190 Å². The first-order chi connectivity index (χ1) is 15.4. The molecule has 4 aromatic rings. The summed E-state index contributed by atoms with van der Waals surface area (Å²) < 4.78 is 0.825. The third kappa shape index (κ3) is 4.78. The molecule has 3 N–H and O–H groups in total. The van der Waals surface area contributed by atoms with E-state index in [-0.39, 0.29) is 18.0 Å². The van der Waals surface area contributed by atoms with Gasteiger partial charge >= 0.3 is 6.03 Å². The highest BCUT2D eigenvalue weighted by molar-refractivity contribution is 7.22. The zero-order valence-electron chi connectivity index (χ0n) is 18.1. The molecule has 1 heterocycles. The lowest BCUT2D eigenvalue weighted by Crippen LogP contribution is -2.31. The minimum atomic E-state index is -0.326. The summed E-state index contributed by atoms with van der Waals surface area (Å²) in [5.41, 5.74) is 5.14. The zero-order chi connectivity index (χ0) is 22.7. The number of fused-ring (bicyclic) bond motifs is 1. The van der Waals surface area contributed by atoms with Gasteiger partial charge in [-0.3, -0.25) is 10.1 Å². The predicted molar refractivity (Wildman–Crippen MR) is 131 cm³/mol. The monoisotopic (exact) mass is 444 g/mol. The number of aromatic nitrogens is 1. The molecule has 0 bridgehead atoms. The predicted octanol–water partition coefficient (Wildman–Crippen LogP) is 6.05. The van der Waals surface area contributed by atoms with Gasteiger partial charge < -0.3 is 10.6 Å². The van der Waals surface area contributed by atoms with Crippen molar-refractivity contribution in [2.45, 2.75) is 26.8 Å². The molecule has 1 unspecified atom stereocenters. The smallest absolute Gasteiger partial charge is 0.321 e. The summed E-state index contributed by atoms with van der Waals surface area (Å²) in [5, 5.41) is 9.18. The van der Waals surface area contributed by atoms with Gasteiger partial charge in [0.05, 0.1) is 16.3 Å². The largest absolute Gasteiger partial charge is 0.331 e. The van der Waals surface area contributed by atoms with Crippen LogP contribution >= 0.6 is 11.3 Å². The van der Waals surface area contributed by atoms with Gasteiger partial charge in [0.25, 0.3) is 5.91 Å². The second-order valence-corrected chi connectivity index (χ2v) is 8.68. The molecule has 0 fully saturated rings. The fourth-order valence-electron chi connectivity index (χ4n) is 3.47. The Hall–Kier alpha value is -3.71. The lowest BCUT2D eigenvalue weighted by molar-refractivity contribution is 0.102. The van der Waals surface area contributed by atoms with Crippen LogP contribution in [-0.4, -0.2) is 16.9 Å². The summed E-state index contributed by atoms with van der Waals surface area (Å²) in [6.45, 7) is 5.86. The van der Waals surface area contributed by atoms with Gasteiger partial charge in [-0.05, 0) is 55.7 Å². The van der Waals surface area contributed by atoms with Crippen molar-refractivity contribution in [1.29, 1.82) is 0 Å². The fraction of sp³-hybridized carbons (Fsp3) is 0.160. The number of amides is 3. The number of rotatable bonds is 5. The molecule has 6 nitrogen and oxygen atoms in total. The third-order valence-electron chi connectivity index (χ3n) is 5.24. The zero-order valence-corrected chi connectivity index (χ0v) is 18.9. The summed E-state index contributed by atoms with van der Waals surface area (Å²) >= 11 is 1.33. The summed E-state index contributed by atoms with van der Waals surface area (Å²) in [6, 6.07) is 20.5. The lowest BCUT2D eigenvalue weighted by Gasteiger charge is -2.13. The number of para-hydroxylation sites is 1. The average molecular weight is 445 g/mol. The molecule has 0 saturated carbocycles. The molecule has 3 aromatic carbocycles. The van der Waals surface area contributed by atoms with Crippen molar-refractivity contribution >= 4 is 44.3 Å². The normalized spacial score (nSPS) is 11.7. The van der Waals surface area contributed by atoms with E-state index in [2.05, 4.69) is 20.9 Å². The lowest BCUT2D eigenvalue weighted by atomic mass is 10.1. The third-order valence-corrected chi connectivity index (χ3v) is 6.17. The summed E-state index contributed by atoms with van der Waals surface area (Å²) in [5.74, 6) is -0.179. The van der Waals surface area contributed by atoms with Gasteiger partial charge in [-0.15, -0.1) is 0 Å². The number of aryl methyl sites for hydroxylation is 2. The number of nitrogens with one attached hydrogen (secondary N) is 3. The molecule has 0 aliphatic rings. The van der Waals surface area contributed by atoms with E-state index in [9.17, 15) is 9.59 Å². The number of carbonyl (C=O) groups is 2. The van der Waals surface area contributed by atoms with Crippen molar-refractivity contribution in [3.63, 3.8) is 0 Å². The molecule has 0 aliphatic heterocycles. The molecule has 1 aromatic heterocycles. The van der Waals surface area contributed by atoms with E-state index in [1.807, 2.05) is 69.3 Å². The molecule has 0 saturated heterocycles. The minimum Gasteiger partial charge on any atom is -0.331 e. The van der Waals surface area contributed by atoms with Gasteiger partial charge in [-0.2, -0.15) is 0 Å². The van der Waals surface area contributed by atoms with Gasteiger partial charge in [-0.1, -0.05) is 59.9 Å². The second kappa shape index (κ2) is 9.20. The number of hydrogen-bond donors (Lipinski definition) is 3. The van der Waals surface area contributed by atoms with Crippen LogP contribution in [0, 0.1) is 13.8 Å². The minimum absolute atomic E-state index is 0.134. The molecule has 4 rings (SSSR count). The number of urea groups is 1. The maximum absolute atomic E-state index is 12.8. The van der Waals surface area contributed by atoms with Gasteiger partial charge in [0.2, 0.25) is 0 Å². The molecule has 0 spiro atoms. The molecule has 162 valence electrons. The van der Waals surface area contributed by atoms with Crippen molar-refractivity contribution in [1.82, 2.24) is 10.3 Å². The maximum atomic E-state index is 12.8. The Morgan fingerprint density at radius 2 is 1.62 bits per heavy atom. The molecule has 3 amide bonds. The van der Waals surface area contributed by atoms with Crippen LogP contribution in [-0.2, 0) is 0 Å². The first kappa shape index (κ1) is 21.5. The Balaban J connectivity index is 1.45. The number of thiazole rings is 1. The van der Waals surface area contributed by atoms with Crippen LogP contribution in [0.25, 0.3) is 10.2 Å². The molecule has 1 atom stereocenters. The Morgan fingerprint density at radius 3 is 2.34 bits per heavy atom. The first-order valence-corrected chi connectivity index (χ1v) is 11.1. The highest BCUT2D eigenvalue weighted by Crippen LogP contribution is 2.28. The van der Waals surface area contributed by atoms with E-state index >= 15 is 0 Å². The van der Waals surface area contributed by atoms with Gasteiger partial charge in [0.1, 0.15) is 0 Å². The number of hydrogen-bond acceptors (Lipinski definition) is 4. The topological polar surface area (TPSA) is 83.1 Å². The number of benzene rings is 3. The SMILES string of the molecule is Cc1cccc(C)c1NC(=O)c1ccc2nc(NC(=O)NC(C)c3ccccc3)sc2c1. The van der Waals surface area contributed by atoms with Crippen molar-refractivity contribution in [2.24, 2.45) is 0 Å². The van der Waals surface area contributed by atoms with Gasteiger partial charge in [0, 0.05) is 11.3 Å². The van der Waals surface area contributed by atoms with Crippen molar-refractivity contribution in [2.75, 3.05) is 10.6 Å². The summed E-state index contributed by atoms with van der Waals surface area (Å²) in [7, 11) is 0. The molecular weight excluding hydrogens is 420 g/mol. The highest BCUT2D eigenvalue weighted by Gasteiger charge is 2.14. The van der Waals surface area contributed by atoms with Crippen LogP contribution in [0.3, 0.4) is 0 Å². The molecule has 32 heavy (non-hydrogen) atoms. The number of nitrogens with zero attached hydrogens (tertiary/aromatic N) is 1. The van der Waals surface area contributed by atoms with Crippen LogP contribution in [0.2, 0.25) is 0 Å². The first-order valence-electron chi connectivity index (χ1n) is 10.3. The van der Waals surface area contributed by atoms with Crippen LogP contribution < -0.4 is 16.0 Å². The average Bonchev–Trinajstić information content (AvgIpc) is 3.18. The van der Waals surface area contributed by atoms with Crippen LogP contribution in [0.5, 0.6) is 0 Å². The highest BCUT2D eigenvalue weighted by atomic mass is 32.1. The van der Waals surface area contributed by atoms with Crippen LogP contribution in [0.4, 0.5) is 15.6 Å². The van der Waals surface area contributed by atoms with E-state index in [1.165, 1.54) is 11.3 Å². The Bertz CT molecular complexity index is 1260. The second-order valence-electron chi connectivity index (χ2n) is 7.65. The Kier molecular flexibility index (Phi) is 6.18. The van der Waals surface area contributed by atoms with E-state index in [0.29, 0.717) is 10.7 Å². The van der Waals surface area contributed by atoms with Crippen molar-refractivity contribution in [3.05, 3.63) is 89.0 Å². The van der Waals surface area contributed by atoms with E-state index in [1.54, 1.807) is 18.2 Å². The van der Waals surface area contributed by atoms with Crippen LogP contribution in [0.1, 0.15) is 40.0 Å². The maximum Gasteiger partial charge on any atom is 0.321 e. The Morgan fingerprint density at radius 1 is 0.906 bits per heavy atom. The van der Waals surface area contributed by atoms with E-state index < -0.39 is 0 Å². The fourth-order valence-corrected chi connectivity index (χ4v) is 4.37. The van der Waals surface area contributed by atoms with Gasteiger partial charge in [-0.25, -0.2) is 9.78 Å². The molecule has 0 aliphatic carbocycles. The summed E-state index contributed by atoms with van der Waals surface area (Å²) in [4.78, 5) is 29.7. The number of anilines is 2. The number of carbonyl (C=O) groups excluding carboxylic acids is 2. The standard InChI is InChI=1S/C25H24N4O2S/c1-15-8-7-9-16(2)22(15)28-23(30)19-12-13-20-21(14-19)32-25(27-20)29-24(31)26-17(3)18-10-5-4-6-11-18/h4-14,17H,1-3H3,(H,28,30)(H2,26,27,29,31). The van der Waals surface area contributed by atoms with Crippen molar-refractivity contribution in [3.8, 4) is 0 Å².